The summed E-state index contributed by atoms with van der Waals surface area (Å²) in [5.74, 6) is -0.162. The maximum atomic E-state index is 12.1. The number of nitrogen functional groups attached to an aromatic ring is 1. The van der Waals surface area contributed by atoms with Crippen molar-refractivity contribution in [3.8, 4) is 0 Å². The Morgan fingerprint density at radius 1 is 1.67 bits per heavy atom. The normalized spacial score (nSPS) is 18.9. The summed E-state index contributed by atoms with van der Waals surface area (Å²) in [5.41, 5.74) is 6.19. The summed E-state index contributed by atoms with van der Waals surface area (Å²) < 4.78 is 0. The first-order valence-corrected chi connectivity index (χ1v) is 6.70. The Labute approximate surface area is 109 Å². The van der Waals surface area contributed by atoms with E-state index in [1.807, 2.05) is 0 Å². The highest BCUT2D eigenvalue weighted by molar-refractivity contribution is 7.13. The third-order valence-corrected chi connectivity index (χ3v) is 3.75. The van der Waals surface area contributed by atoms with E-state index in [0.29, 0.717) is 17.4 Å². The van der Waals surface area contributed by atoms with Gasteiger partial charge < -0.3 is 16.0 Å². The van der Waals surface area contributed by atoms with Crippen LogP contribution in [0.4, 0.5) is 5.13 Å². The Morgan fingerprint density at radius 3 is 3.06 bits per heavy atom. The largest absolute Gasteiger partial charge is 0.375 e. The van der Waals surface area contributed by atoms with E-state index in [9.17, 15) is 9.59 Å². The third kappa shape index (κ3) is 2.61. The van der Waals surface area contributed by atoms with Crippen LogP contribution >= 0.6 is 11.3 Å². The molecule has 1 fully saturated rings. The molecule has 1 aliphatic heterocycles. The number of hydrogen-bond donors (Lipinski definition) is 2. The Bertz CT molecular complexity index is 460. The van der Waals surface area contributed by atoms with Crippen LogP contribution in [0.25, 0.3) is 0 Å². The predicted octanol–water partition coefficient (Wildman–Crippen LogP) is 0.00480. The summed E-state index contributed by atoms with van der Waals surface area (Å²) in [7, 11) is 1.59. The van der Waals surface area contributed by atoms with Crippen molar-refractivity contribution >= 4 is 28.3 Å². The highest BCUT2D eigenvalue weighted by Gasteiger charge is 2.33. The molecule has 0 radical (unpaired) electrons. The molecule has 1 aromatic heterocycles. The lowest BCUT2D eigenvalue weighted by atomic mass is 10.2. The SMILES string of the molecule is CNC(=O)C1CCCN1C(=O)Cc1csc(N)n1. The van der Waals surface area contributed by atoms with E-state index < -0.39 is 0 Å². The topological polar surface area (TPSA) is 88.3 Å². The molecule has 6 nitrogen and oxygen atoms in total. The van der Waals surface area contributed by atoms with Crippen molar-refractivity contribution in [2.45, 2.75) is 25.3 Å². The fraction of sp³-hybridized carbons (Fsp3) is 0.545. The molecular formula is C11H16N4O2S. The molecule has 0 spiro atoms. The zero-order valence-electron chi connectivity index (χ0n) is 10.2. The van der Waals surface area contributed by atoms with Crippen LogP contribution in [0, 0.1) is 0 Å². The lowest BCUT2D eigenvalue weighted by Crippen LogP contribution is -2.45. The number of nitrogens with two attached hydrogens (primary N) is 1. The Balaban J connectivity index is 2.02. The lowest BCUT2D eigenvalue weighted by molar-refractivity contribution is -0.137. The van der Waals surface area contributed by atoms with Gasteiger partial charge in [-0.1, -0.05) is 0 Å². The molecule has 98 valence electrons. The monoisotopic (exact) mass is 268 g/mol. The molecule has 3 N–H and O–H groups in total. The molecule has 7 heteroatoms. The minimum Gasteiger partial charge on any atom is -0.375 e. The van der Waals surface area contributed by atoms with Crippen LogP contribution in [-0.2, 0) is 16.0 Å². The third-order valence-electron chi connectivity index (χ3n) is 3.02. The number of nitrogens with one attached hydrogen (secondary N) is 1. The summed E-state index contributed by atoms with van der Waals surface area (Å²) >= 11 is 1.32. The van der Waals surface area contributed by atoms with Gasteiger partial charge in [0.05, 0.1) is 12.1 Å². The molecule has 0 aliphatic carbocycles. The molecule has 2 rings (SSSR count). The summed E-state index contributed by atoms with van der Waals surface area (Å²) in [6.45, 7) is 0.635. The zero-order chi connectivity index (χ0) is 13.1. The van der Waals surface area contributed by atoms with Crippen molar-refractivity contribution in [3.63, 3.8) is 0 Å². The lowest BCUT2D eigenvalue weighted by Gasteiger charge is -2.22. The number of aromatic nitrogens is 1. The van der Waals surface area contributed by atoms with E-state index in [2.05, 4.69) is 10.3 Å². The molecule has 1 unspecified atom stereocenters. The molecule has 2 heterocycles. The van der Waals surface area contributed by atoms with E-state index in [1.165, 1.54) is 11.3 Å². The fourth-order valence-corrected chi connectivity index (χ4v) is 2.73. The molecule has 0 bridgehead atoms. The van der Waals surface area contributed by atoms with Crippen molar-refractivity contribution < 1.29 is 9.59 Å². The minimum absolute atomic E-state index is 0.0635. The number of likely N-dealkylation sites (tertiary alicyclic amines) is 1. The van der Waals surface area contributed by atoms with Gasteiger partial charge in [0, 0.05) is 19.0 Å². The summed E-state index contributed by atoms with van der Waals surface area (Å²) in [6, 6.07) is -0.335. The van der Waals surface area contributed by atoms with Gasteiger partial charge in [0.2, 0.25) is 11.8 Å². The van der Waals surface area contributed by atoms with E-state index in [-0.39, 0.29) is 24.3 Å². The van der Waals surface area contributed by atoms with Gasteiger partial charge in [-0.2, -0.15) is 0 Å². The van der Waals surface area contributed by atoms with Crippen LogP contribution in [0.1, 0.15) is 18.5 Å². The van der Waals surface area contributed by atoms with Crippen molar-refractivity contribution in [1.82, 2.24) is 15.2 Å². The average Bonchev–Trinajstić information content (AvgIpc) is 2.97. The standard InChI is InChI=1S/C11H16N4O2S/c1-13-10(17)8-3-2-4-15(8)9(16)5-7-6-18-11(12)14-7/h6,8H,2-5H2,1H3,(H2,12,14)(H,13,17). The van der Waals surface area contributed by atoms with Crippen LogP contribution in [0.3, 0.4) is 0 Å². The smallest absolute Gasteiger partial charge is 0.242 e. The van der Waals surface area contributed by atoms with Crippen LogP contribution in [0.5, 0.6) is 0 Å². The maximum absolute atomic E-state index is 12.1. The van der Waals surface area contributed by atoms with Gasteiger partial charge in [0.15, 0.2) is 5.13 Å². The number of rotatable bonds is 3. The second-order valence-corrected chi connectivity index (χ2v) is 5.10. The van der Waals surface area contributed by atoms with Gasteiger partial charge in [-0.05, 0) is 12.8 Å². The van der Waals surface area contributed by atoms with E-state index in [1.54, 1.807) is 17.3 Å². The molecule has 1 atom stereocenters. The summed E-state index contributed by atoms with van der Waals surface area (Å²) in [4.78, 5) is 29.5. The number of hydrogen-bond acceptors (Lipinski definition) is 5. The molecule has 18 heavy (non-hydrogen) atoms. The second kappa shape index (κ2) is 5.34. The molecule has 1 saturated heterocycles. The fourth-order valence-electron chi connectivity index (χ4n) is 2.16. The molecule has 0 saturated carbocycles. The Kier molecular flexibility index (Phi) is 3.81. The Morgan fingerprint density at radius 2 is 2.44 bits per heavy atom. The summed E-state index contributed by atoms with van der Waals surface area (Å²) in [5, 5.41) is 4.83. The highest BCUT2D eigenvalue weighted by atomic mass is 32.1. The van der Waals surface area contributed by atoms with Gasteiger partial charge in [-0.15, -0.1) is 11.3 Å². The highest BCUT2D eigenvalue weighted by Crippen LogP contribution is 2.19. The average molecular weight is 268 g/mol. The van der Waals surface area contributed by atoms with Crippen LogP contribution < -0.4 is 11.1 Å². The quantitative estimate of drug-likeness (QED) is 0.808. The van der Waals surface area contributed by atoms with E-state index in [4.69, 9.17) is 5.73 Å². The van der Waals surface area contributed by atoms with Crippen molar-refractivity contribution in [1.29, 1.82) is 0 Å². The molecule has 0 aromatic carbocycles. The number of anilines is 1. The number of thiazole rings is 1. The molecular weight excluding hydrogens is 252 g/mol. The number of carbonyl (C=O) groups excluding carboxylic acids is 2. The van der Waals surface area contributed by atoms with Crippen molar-refractivity contribution in [3.05, 3.63) is 11.1 Å². The molecule has 1 aliphatic rings. The van der Waals surface area contributed by atoms with Gasteiger partial charge >= 0.3 is 0 Å². The summed E-state index contributed by atoms with van der Waals surface area (Å²) in [6.07, 6.45) is 1.80. The zero-order valence-corrected chi connectivity index (χ0v) is 11.0. The maximum Gasteiger partial charge on any atom is 0.242 e. The van der Waals surface area contributed by atoms with Crippen LogP contribution in [0.15, 0.2) is 5.38 Å². The first-order chi connectivity index (χ1) is 8.61. The first kappa shape index (κ1) is 12.8. The first-order valence-electron chi connectivity index (χ1n) is 5.82. The second-order valence-electron chi connectivity index (χ2n) is 4.21. The number of amides is 2. The van der Waals surface area contributed by atoms with Crippen LogP contribution in [-0.4, -0.2) is 41.3 Å². The van der Waals surface area contributed by atoms with E-state index >= 15 is 0 Å². The van der Waals surface area contributed by atoms with Gasteiger partial charge in [0.25, 0.3) is 0 Å². The van der Waals surface area contributed by atoms with Gasteiger partial charge in [-0.25, -0.2) is 4.98 Å². The number of nitrogens with zero attached hydrogens (tertiary/aromatic N) is 2. The van der Waals surface area contributed by atoms with Gasteiger partial charge in [-0.3, -0.25) is 9.59 Å². The van der Waals surface area contributed by atoms with Crippen molar-refractivity contribution in [2.75, 3.05) is 19.3 Å². The molecule has 1 aromatic rings. The Hall–Kier alpha value is -1.63. The number of carbonyl (C=O) groups is 2. The minimum atomic E-state index is -0.335. The van der Waals surface area contributed by atoms with E-state index in [0.717, 1.165) is 12.8 Å². The van der Waals surface area contributed by atoms with Crippen molar-refractivity contribution in [2.24, 2.45) is 0 Å². The molecule has 2 amide bonds. The van der Waals surface area contributed by atoms with Crippen LogP contribution in [0.2, 0.25) is 0 Å². The predicted molar refractivity (Wildman–Crippen MR) is 69.0 cm³/mol. The van der Waals surface area contributed by atoms with Gasteiger partial charge in [0.1, 0.15) is 6.04 Å². The number of likely N-dealkylation sites (N-methyl/N-ethyl adjacent to an activating group) is 1.